The van der Waals surface area contributed by atoms with Crippen LogP contribution in [0, 0.1) is 11.6 Å². The molecular weight excluding hydrogens is 446 g/mol. The highest BCUT2D eigenvalue weighted by Crippen LogP contribution is 2.29. The minimum absolute atomic E-state index is 0.123. The number of hydrogen-bond acceptors (Lipinski definition) is 3. The summed E-state index contributed by atoms with van der Waals surface area (Å²) in [4.78, 5) is 24.8. The lowest BCUT2D eigenvalue weighted by molar-refractivity contribution is 0.101. The smallest absolute Gasteiger partial charge is 0.255 e. The first-order chi connectivity index (χ1) is 13.9. The van der Waals surface area contributed by atoms with Crippen LogP contribution in [0.1, 0.15) is 20.7 Å². The largest absolute Gasteiger partial charge is 0.495 e. The predicted octanol–water partition coefficient (Wildman–Crippen LogP) is 5.24. The van der Waals surface area contributed by atoms with Crippen molar-refractivity contribution in [3.8, 4) is 5.75 Å². The van der Waals surface area contributed by atoms with Gasteiger partial charge in [0.1, 0.15) is 17.4 Å². The first-order valence-electron chi connectivity index (χ1n) is 8.38. The summed E-state index contributed by atoms with van der Waals surface area (Å²) in [6.07, 6.45) is 0. The van der Waals surface area contributed by atoms with Gasteiger partial charge in [-0.15, -0.1) is 0 Å². The number of carbonyl (C=O) groups excluding carboxylic acids is 2. The molecule has 3 aromatic rings. The second-order valence-corrected chi connectivity index (χ2v) is 6.91. The molecule has 8 heteroatoms. The maximum Gasteiger partial charge on any atom is 0.255 e. The van der Waals surface area contributed by atoms with E-state index in [2.05, 4.69) is 26.6 Å². The van der Waals surface area contributed by atoms with Crippen LogP contribution in [0.5, 0.6) is 5.75 Å². The number of benzene rings is 3. The Hall–Kier alpha value is -3.26. The molecule has 3 rings (SSSR count). The van der Waals surface area contributed by atoms with Gasteiger partial charge in [-0.25, -0.2) is 8.78 Å². The summed E-state index contributed by atoms with van der Waals surface area (Å²) in [7, 11) is 1.43. The summed E-state index contributed by atoms with van der Waals surface area (Å²) >= 11 is 3.14. The quantitative estimate of drug-likeness (QED) is 0.546. The van der Waals surface area contributed by atoms with Crippen molar-refractivity contribution in [2.24, 2.45) is 0 Å². The number of ether oxygens (including phenoxy) is 1. The van der Waals surface area contributed by atoms with E-state index in [9.17, 15) is 18.4 Å². The lowest BCUT2D eigenvalue weighted by atomic mass is 10.1. The molecule has 0 aromatic heterocycles. The number of nitrogens with one attached hydrogen (secondary N) is 2. The molecule has 0 fully saturated rings. The van der Waals surface area contributed by atoms with Gasteiger partial charge in [-0.1, -0.05) is 22.0 Å². The summed E-state index contributed by atoms with van der Waals surface area (Å²) in [5.74, 6) is -1.81. The van der Waals surface area contributed by atoms with Gasteiger partial charge in [-0.2, -0.15) is 0 Å². The van der Waals surface area contributed by atoms with Gasteiger partial charge in [0.2, 0.25) is 0 Å². The molecule has 0 aliphatic rings. The van der Waals surface area contributed by atoms with Crippen molar-refractivity contribution in [2.75, 3.05) is 17.7 Å². The van der Waals surface area contributed by atoms with Crippen LogP contribution in [-0.2, 0) is 0 Å². The molecule has 5 nitrogen and oxygen atoms in total. The van der Waals surface area contributed by atoms with E-state index in [1.165, 1.54) is 43.5 Å². The first-order valence-corrected chi connectivity index (χ1v) is 9.17. The van der Waals surface area contributed by atoms with E-state index >= 15 is 0 Å². The minimum atomic E-state index is -0.553. The van der Waals surface area contributed by atoms with E-state index in [1.54, 1.807) is 12.1 Å². The molecule has 0 aliphatic heterocycles. The number of amides is 2. The zero-order valence-electron chi connectivity index (χ0n) is 15.1. The summed E-state index contributed by atoms with van der Waals surface area (Å²) in [6.45, 7) is 0. The van der Waals surface area contributed by atoms with E-state index in [-0.39, 0.29) is 16.8 Å². The molecule has 0 heterocycles. The van der Waals surface area contributed by atoms with Gasteiger partial charge in [0.15, 0.2) is 0 Å². The molecule has 0 saturated carbocycles. The van der Waals surface area contributed by atoms with Gasteiger partial charge >= 0.3 is 0 Å². The van der Waals surface area contributed by atoms with Crippen LogP contribution >= 0.6 is 15.9 Å². The molecule has 29 heavy (non-hydrogen) atoms. The Labute approximate surface area is 173 Å². The number of methoxy groups -OCH3 is 1. The van der Waals surface area contributed by atoms with Crippen LogP contribution in [0.2, 0.25) is 0 Å². The molecule has 0 aliphatic carbocycles. The fraction of sp³-hybridized carbons (Fsp3) is 0.0476. The number of halogens is 3. The van der Waals surface area contributed by atoms with Crippen molar-refractivity contribution in [1.82, 2.24) is 0 Å². The molecule has 0 saturated heterocycles. The van der Waals surface area contributed by atoms with Crippen LogP contribution in [-0.4, -0.2) is 18.9 Å². The lowest BCUT2D eigenvalue weighted by Crippen LogP contribution is -2.15. The number of carbonyl (C=O) groups is 2. The molecular formula is C21H15BrF2N2O3. The van der Waals surface area contributed by atoms with Crippen LogP contribution < -0.4 is 15.4 Å². The maximum absolute atomic E-state index is 13.5. The third kappa shape index (κ3) is 5.17. The Kier molecular flexibility index (Phi) is 6.23. The van der Waals surface area contributed by atoms with E-state index in [0.717, 1.165) is 12.1 Å². The third-order valence-electron chi connectivity index (χ3n) is 3.92. The van der Waals surface area contributed by atoms with Crippen LogP contribution in [0.4, 0.5) is 20.2 Å². The van der Waals surface area contributed by atoms with Crippen molar-refractivity contribution in [2.45, 2.75) is 0 Å². The number of rotatable bonds is 5. The first kappa shape index (κ1) is 20.5. The second-order valence-electron chi connectivity index (χ2n) is 5.99. The summed E-state index contributed by atoms with van der Waals surface area (Å²) < 4.78 is 32.5. The molecule has 148 valence electrons. The normalized spacial score (nSPS) is 10.3. The molecule has 0 unspecified atom stereocenters. The molecule has 0 radical (unpaired) electrons. The van der Waals surface area contributed by atoms with Gasteiger partial charge in [-0.05, 0) is 54.6 Å². The average molecular weight is 461 g/mol. The Morgan fingerprint density at radius 3 is 2.28 bits per heavy atom. The Balaban J connectivity index is 1.83. The second kappa shape index (κ2) is 8.83. The van der Waals surface area contributed by atoms with Gasteiger partial charge in [-0.3, -0.25) is 9.59 Å². The van der Waals surface area contributed by atoms with Gasteiger partial charge in [0, 0.05) is 21.3 Å². The summed E-state index contributed by atoms with van der Waals surface area (Å²) in [5.41, 5.74) is 0.884. The van der Waals surface area contributed by atoms with E-state index in [4.69, 9.17) is 4.74 Å². The van der Waals surface area contributed by atoms with Gasteiger partial charge < -0.3 is 15.4 Å². The molecule has 2 amide bonds. The van der Waals surface area contributed by atoms with E-state index in [1.807, 2.05) is 0 Å². The highest BCUT2D eigenvalue weighted by atomic mass is 79.9. The van der Waals surface area contributed by atoms with Gasteiger partial charge in [0.05, 0.1) is 12.8 Å². The molecule has 0 bridgehead atoms. The van der Waals surface area contributed by atoms with Crippen LogP contribution in [0.25, 0.3) is 0 Å². The molecule has 0 atom stereocenters. The predicted molar refractivity (Wildman–Crippen MR) is 109 cm³/mol. The van der Waals surface area contributed by atoms with Crippen molar-refractivity contribution in [1.29, 1.82) is 0 Å². The minimum Gasteiger partial charge on any atom is -0.495 e. The lowest BCUT2D eigenvalue weighted by Gasteiger charge is -2.13. The van der Waals surface area contributed by atoms with Crippen molar-refractivity contribution in [3.63, 3.8) is 0 Å². The molecule has 0 spiro atoms. The molecule has 3 aromatic carbocycles. The highest BCUT2D eigenvalue weighted by molar-refractivity contribution is 9.10. The summed E-state index contributed by atoms with van der Waals surface area (Å²) in [5, 5.41) is 5.26. The average Bonchev–Trinajstić information content (AvgIpc) is 2.67. The van der Waals surface area contributed by atoms with E-state index in [0.29, 0.717) is 15.9 Å². The molecule has 2 N–H and O–H groups in total. The van der Waals surface area contributed by atoms with Gasteiger partial charge in [0.25, 0.3) is 11.8 Å². The van der Waals surface area contributed by atoms with Crippen LogP contribution in [0.3, 0.4) is 0 Å². The third-order valence-corrected chi connectivity index (χ3v) is 4.37. The van der Waals surface area contributed by atoms with E-state index < -0.39 is 23.4 Å². The van der Waals surface area contributed by atoms with Crippen molar-refractivity contribution < 1.29 is 23.1 Å². The fourth-order valence-corrected chi connectivity index (χ4v) is 3.06. The Morgan fingerprint density at radius 2 is 1.59 bits per heavy atom. The zero-order chi connectivity index (χ0) is 21.0. The standard InChI is InChI=1S/C21H15BrF2N2O3/c1-29-19-6-5-17(25-21(28)13-7-14(22)10-16(24)9-13)11-18(19)26-20(27)12-3-2-4-15(23)8-12/h2-11H,1H3,(H,25,28)(H,26,27). The SMILES string of the molecule is COc1ccc(NC(=O)c2cc(F)cc(Br)c2)cc1NC(=O)c1cccc(F)c1. The number of hydrogen-bond donors (Lipinski definition) is 2. The maximum atomic E-state index is 13.5. The topological polar surface area (TPSA) is 67.4 Å². The fourth-order valence-electron chi connectivity index (χ4n) is 2.60. The summed E-state index contributed by atoms with van der Waals surface area (Å²) in [6, 6.07) is 13.7. The highest BCUT2D eigenvalue weighted by Gasteiger charge is 2.14. The van der Waals surface area contributed by atoms with Crippen molar-refractivity contribution in [3.05, 3.63) is 87.9 Å². The monoisotopic (exact) mass is 460 g/mol. The van der Waals surface area contributed by atoms with Crippen molar-refractivity contribution >= 4 is 39.1 Å². The Bertz CT molecular complexity index is 1070. The number of anilines is 2. The zero-order valence-corrected chi connectivity index (χ0v) is 16.7. The Morgan fingerprint density at radius 1 is 0.862 bits per heavy atom. The van der Waals surface area contributed by atoms with Crippen LogP contribution in [0.15, 0.2) is 65.1 Å².